The number of halogens is 1. The normalized spacial score (nSPS) is 10.3. The molecule has 8 heteroatoms. The molecular weight excluding hydrogens is 351 g/mol. The van der Waals surface area contributed by atoms with E-state index in [9.17, 15) is 14.0 Å². The number of amides is 2. The van der Waals surface area contributed by atoms with Crippen molar-refractivity contribution in [1.82, 2.24) is 9.55 Å². The standard InChI is InChI=1S/C19H17FN4O3/c1-12-7-8-13(11-14(12)20)22-19(26)23-17-18(25)24(10-9-21-17)15-5-3-4-6-16(15)27-2/h3-11H,1-2H3,(H2,21,22,23,26). The van der Waals surface area contributed by atoms with Gasteiger partial charge in [-0.1, -0.05) is 18.2 Å². The number of nitrogens with zero attached hydrogens (tertiary/aromatic N) is 2. The van der Waals surface area contributed by atoms with Gasteiger partial charge in [0.05, 0.1) is 12.8 Å². The Morgan fingerprint density at radius 1 is 1.19 bits per heavy atom. The van der Waals surface area contributed by atoms with Crippen LogP contribution in [0.3, 0.4) is 0 Å². The van der Waals surface area contributed by atoms with E-state index >= 15 is 0 Å². The van der Waals surface area contributed by atoms with E-state index in [2.05, 4.69) is 15.6 Å². The topological polar surface area (TPSA) is 85.2 Å². The van der Waals surface area contributed by atoms with Crippen molar-refractivity contribution in [3.05, 3.63) is 76.6 Å². The van der Waals surface area contributed by atoms with Crippen LogP contribution in [0.2, 0.25) is 0 Å². The second-order valence-corrected chi connectivity index (χ2v) is 5.67. The van der Waals surface area contributed by atoms with Gasteiger partial charge in [-0.25, -0.2) is 14.2 Å². The lowest BCUT2D eigenvalue weighted by Crippen LogP contribution is -2.28. The number of anilines is 2. The van der Waals surface area contributed by atoms with Crippen LogP contribution in [0.1, 0.15) is 5.56 Å². The Morgan fingerprint density at radius 2 is 1.96 bits per heavy atom. The lowest BCUT2D eigenvalue weighted by molar-refractivity contribution is 0.262. The Balaban J connectivity index is 1.84. The van der Waals surface area contributed by atoms with Crippen LogP contribution in [0, 0.1) is 12.7 Å². The predicted octanol–water partition coefficient (Wildman–Crippen LogP) is 3.33. The zero-order valence-electron chi connectivity index (χ0n) is 14.7. The number of carbonyl (C=O) groups excluding carboxylic acids is 1. The van der Waals surface area contributed by atoms with Gasteiger partial charge in [-0.2, -0.15) is 0 Å². The molecule has 0 saturated carbocycles. The molecule has 0 aliphatic carbocycles. The molecule has 138 valence electrons. The Hall–Kier alpha value is -3.68. The fraction of sp³-hybridized carbons (Fsp3) is 0.105. The van der Waals surface area contributed by atoms with E-state index < -0.39 is 17.4 Å². The molecular formula is C19H17FN4O3. The minimum absolute atomic E-state index is 0.173. The molecule has 2 aromatic carbocycles. The summed E-state index contributed by atoms with van der Waals surface area (Å²) in [7, 11) is 1.50. The Bertz CT molecular complexity index is 1050. The van der Waals surface area contributed by atoms with E-state index in [0.29, 0.717) is 17.0 Å². The maximum atomic E-state index is 13.6. The highest BCUT2D eigenvalue weighted by Crippen LogP contribution is 2.20. The van der Waals surface area contributed by atoms with Crippen molar-refractivity contribution < 1.29 is 13.9 Å². The minimum Gasteiger partial charge on any atom is -0.495 e. The van der Waals surface area contributed by atoms with E-state index in [1.54, 1.807) is 43.3 Å². The Labute approximate surface area is 154 Å². The molecule has 2 N–H and O–H groups in total. The van der Waals surface area contributed by atoms with E-state index in [1.807, 2.05) is 0 Å². The molecule has 3 rings (SSSR count). The molecule has 0 unspecified atom stereocenters. The smallest absolute Gasteiger partial charge is 0.325 e. The van der Waals surface area contributed by atoms with Gasteiger partial charge in [-0.05, 0) is 36.8 Å². The average molecular weight is 368 g/mol. The van der Waals surface area contributed by atoms with Gasteiger partial charge < -0.3 is 10.1 Å². The van der Waals surface area contributed by atoms with Gasteiger partial charge in [0.2, 0.25) is 5.82 Å². The average Bonchev–Trinajstić information content (AvgIpc) is 2.66. The van der Waals surface area contributed by atoms with E-state index in [-0.39, 0.29) is 11.5 Å². The molecule has 0 atom stereocenters. The number of para-hydroxylation sites is 2. The second-order valence-electron chi connectivity index (χ2n) is 5.67. The maximum Gasteiger partial charge on any atom is 0.325 e. The lowest BCUT2D eigenvalue weighted by Gasteiger charge is -2.12. The monoisotopic (exact) mass is 368 g/mol. The fourth-order valence-electron chi connectivity index (χ4n) is 2.46. The summed E-state index contributed by atoms with van der Waals surface area (Å²) in [5.41, 5.74) is 0.700. The first kappa shape index (κ1) is 18.1. The van der Waals surface area contributed by atoms with Crippen molar-refractivity contribution in [2.75, 3.05) is 17.7 Å². The number of urea groups is 1. The first-order chi connectivity index (χ1) is 13.0. The quantitative estimate of drug-likeness (QED) is 0.740. The number of rotatable bonds is 4. The third-order valence-electron chi connectivity index (χ3n) is 3.85. The lowest BCUT2D eigenvalue weighted by atomic mass is 10.2. The van der Waals surface area contributed by atoms with Gasteiger partial charge in [0, 0.05) is 18.1 Å². The number of ether oxygens (including phenoxy) is 1. The molecule has 0 fully saturated rings. The number of methoxy groups -OCH3 is 1. The zero-order chi connectivity index (χ0) is 19.4. The van der Waals surface area contributed by atoms with Crippen molar-refractivity contribution in [1.29, 1.82) is 0 Å². The number of aromatic nitrogens is 2. The second kappa shape index (κ2) is 7.69. The molecule has 3 aromatic rings. The van der Waals surface area contributed by atoms with Crippen LogP contribution in [-0.2, 0) is 0 Å². The van der Waals surface area contributed by atoms with E-state index in [1.165, 1.54) is 30.1 Å². The van der Waals surface area contributed by atoms with Crippen molar-refractivity contribution >= 4 is 17.5 Å². The highest BCUT2D eigenvalue weighted by atomic mass is 19.1. The molecule has 7 nitrogen and oxygen atoms in total. The zero-order valence-corrected chi connectivity index (χ0v) is 14.7. The number of aryl methyl sites for hydroxylation is 1. The molecule has 2 amide bonds. The third kappa shape index (κ3) is 3.95. The van der Waals surface area contributed by atoms with Crippen molar-refractivity contribution in [2.45, 2.75) is 6.92 Å². The van der Waals surface area contributed by atoms with Gasteiger partial charge in [0.25, 0.3) is 5.56 Å². The number of hydrogen-bond acceptors (Lipinski definition) is 4. The van der Waals surface area contributed by atoms with Crippen LogP contribution in [0.25, 0.3) is 5.69 Å². The molecule has 0 aliphatic rings. The number of benzene rings is 2. The molecule has 0 spiro atoms. The molecule has 0 radical (unpaired) electrons. The summed E-state index contributed by atoms with van der Waals surface area (Å²) >= 11 is 0. The number of carbonyl (C=O) groups is 1. The summed E-state index contributed by atoms with van der Waals surface area (Å²) in [6.07, 6.45) is 2.85. The summed E-state index contributed by atoms with van der Waals surface area (Å²) in [4.78, 5) is 28.7. The molecule has 1 aromatic heterocycles. The van der Waals surface area contributed by atoms with Crippen LogP contribution >= 0.6 is 0 Å². The molecule has 27 heavy (non-hydrogen) atoms. The molecule has 0 bridgehead atoms. The Morgan fingerprint density at radius 3 is 2.70 bits per heavy atom. The van der Waals surface area contributed by atoms with Crippen LogP contribution in [0.15, 0.2) is 59.7 Å². The van der Waals surface area contributed by atoms with Crippen LogP contribution in [-0.4, -0.2) is 22.7 Å². The van der Waals surface area contributed by atoms with Crippen molar-refractivity contribution in [2.24, 2.45) is 0 Å². The van der Waals surface area contributed by atoms with Gasteiger partial charge in [-0.15, -0.1) is 0 Å². The maximum absolute atomic E-state index is 13.6. The molecule has 0 aliphatic heterocycles. The van der Waals surface area contributed by atoms with Gasteiger partial charge >= 0.3 is 6.03 Å². The van der Waals surface area contributed by atoms with Crippen LogP contribution in [0.4, 0.5) is 20.7 Å². The highest BCUT2D eigenvalue weighted by Gasteiger charge is 2.13. The summed E-state index contributed by atoms with van der Waals surface area (Å²) in [5, 5.41) is 4.85. The Kier molecular flexibility index (Phi) is 5.16. The number of hydrogen-bond donors (Lipinski definition) is 2. The van der Waals surface area contributed by atoms with Crippen LogP contribution in [0.5, 0.6) is 5.75 Å². The van der Waals surface area contributed by atoms with Gasteiger partial charge in [0.15, 0.2) is 0 Å². The van der Waals surface area contributed by atoms with Crippen molar-refractivity contribution in [3.8, 4) is 11.4 Å². The highest BCUT2D eigenvalue weighted by molar-refractivity contribution is 5.99. The summed E-state index contributed by atoms with van der Waals surface area (Å²) < 4.78 is 20.2. The fourth-order valence-corrected chi connectivity index (χ4v) is 2.46. The van der Waals surface area contributed by atoms with E-state index in [0.717, 1.165) is 0 Å². The SMILES string of the molecule is COc1ccccc1-n1ccnc(NC(=O)Nc2ccc(C)c(F)c2)c1=O. The first-order valence-corrected chi connectivity index (χ1v) is 8.05. The largest absolute Gasteiger partial charge is 0.495 e. The minimum atomic E-state index is -0.708. The predicted molar refractivity (Wildman–Crippen MR) is 100 cm³/mol. The summed E-state index contributed by atoms with van der Waals surface area (Å²) in [5.74, 6) is -0.117. The summed E-state index contributed by atoms with van der Waals surface area (Å²) in [6, 6.07) is 10.6. The van der Waals surface area contributed by atoms with Crippen molar-refractivity contribution in [3.63, 3.8) is 0 Å². The third-order valence-corrected chi connectivity index (χ3v) is 3.85. The van der Waals surface area contributed by atoms with Gasteiger partial charge in [-0.3, -0.25) is 14.7 Å². The summed E-state index contributed by atoms with van der Waals surface area (Å²) in [6.45, 7) is 1.62. The number of nitrogens with one attached hydrogen (secondary N) is 2. The molecule has 1 heterocycles. The molecule has 0 saturated heterocycles. The first-order valence-electron chi connectivity index (χ1n) is 8.05. The van der Waals surface area contributed by atoms with Crippen LogP contribution < -0.4 is 20.9 Å². The van der Waals surface area contributed by atoms with Gasteiger partial charge in [0.1, 0.15) is 11.6 Å². The van der Waals surface area contributed by atoms with E-state index in [4.69, 9.17) is 4.74 Å².